The Morgan fingerprint density at radius 3 is 2.20 bits per heavy atom. The summed E-state index contributed by atoms with van der Waals surface area (Å²) in [7, 11) is 0. The van der Waals surface area contributed by atoms with Crippen LogP contribution in [0.4, 0.5) is 0 Å². The Morgan fingerprint density at radius 1 is 1.20 bits per heavy atom. The predicted octanol–water partition coefficient (Wildman–Crippen LogP) is 3.53. The van der Waals surface area contributed by atoms with E-state index in [1.807, 2.05) is 12.2 Å². The molecule has 15 heavy (non-hydrogen) atoms. The van der Waals surface area contributed by atoms with E-state index in [1.165, 1.54) is 12.8 Å². The Bertz CT molecular complexity index is 189. The minimum absolute atomic E-state index is 0.577. The van der Waals surface area contributed by atoms with E-state index >= 15 is 0 Å². The first-order chi connectivity index (χ1) is 7.19. The SMILES string of the molecule is C=CCC(NC(CC=C)C1CC1)C(C)C. The fraction of sp³-hybridized carbons (Fsp3) is 0.714. The first kappa shape index (κ1) is 12.5. The summed E-state index contributed by atoms with van der Waals surface area (Å²) in [6.45, 7) is 12.2. The van der Waals surface area contributed by atoms with Crippen molar-refractivity contribution in [1.82, 2.24) is 5.32 Å². The van der Waals surface area contributed by atoms with Crippen molar-refractivity contribution in [3.63, 3.8) is 0 Å². The third-order valence-electron chi connectivity index (χ3n) is 3.27. The van der Waals surface area contributed by atoms with Gasteiger partial charge in [0.2, 0.25) is 0 Å². The molecule has 2 unspecified atom stereocenters. The summed E-state index contributed by atoms with van der Waals surface area (Å²) in [5.74, 6) is 1.57. The van der Waals surface area contributed by atoms with Crippen LogP contribution in [0.2, 0.25) is 0 Å². The van der Waals surface area contributed by atoms with Gasteiger partial charge in [-0.2, -0.15) is 0 Å². The van der Waals surface area contributed by atoms with Crippen LogP contribution in [0.25, 0.3) is 0 Å². The van der Waals surface area contributed by atoms with Gasteiger partial charge in [0.15, 0.2) is 0 Å². The summed E-state index contributed by atoms with van der Waals surface area (Å²) >= 11 is 0. The van der Waals surface area contributed by atoms with Gasteiger partial charge in [-0.15, -0.1) is 13.2 Å². The standard InChI is InChI=1S/C14H25N/c1-5-7-13(11(3)4)15-14(8-6-2)12-9-10-12/h5-6,11-15H,1-2,7-10H2,3-4H3. The highest BCUT2D eigenvalue weighted by Crippen LogP contribution is 2.34. The second-order valence-corrected chi connectivity index (χ2v) is 5.01. The lowest BCUT2D eigenvalue weighted by Crippen LogP contribution is -2.42. The van der Waals surface area contributed by atoms with Gasteiger partial charge in [0, 0.05) is 12.1 Å². The molecule has 2 atom stereocenters. The summed E-state index contributed by atoms with van der Waals surface area (Å²) in [5.41, 5.74) is 0. The van der Waals surface area contributed by atoms with Crippen LogP contribution in [0.5, 0.6) is 0 Å². The van der Waals surface area contributed by atoms with E-state index in [0.717, 1.165) is 18.8 Å². The highest BCUT2D eigenvalue weighted by Gasteiger charge is 2.31. The molecule has 0 heterocycles. The highest BCUT2D eigenvalue weighted by molar-refractivity contribution is 4.94. The van der Waals surface area contributed by atoms with Crippen LogP contribution in [-0.4, -0.2) is 12.1 Å². The number of nitrogens with one attached hydrogen (secondary N) is 1. The lowest BCUT2D eigenvalue weighted by molar-refractivity contribution is 0.333. The second kappa shape index (κ2) is 6.12. The van der Waals surface area contributed by atoms with Crippen LogP contribution in [0.3, 0.4) is 0 Å². The van der Waals surface area contributed by atoms with Gasteiger partial charge in [0.25, 0.3) is 0 Å². The molecule has 1 nitrogen and oxygen atoms in total. The quantitative estimate of drug-likeness (QED) is 0.600. The zero-order chi connectivity index (χ0) is 11.3. The molecule has 0 bridgehead atoms. The topological polar surface area (TPSA) is 12.0 Å². The lowest BCUT2D eigenvalue weighted by Gasteiger charge is -2.27. The van der Waals surface area contributed by atoms with E-state index in [1.54, 1.807) is 0 Å². The average Bonchev–Trinajstić information content (AvgIpc) is 2.99. The van der Waals surface area contributed by atoms with Crippen molar-refractivity contribution in [3.05, 3.63) is 25.3 Å². The molecule has 0 aromatic heterocycles. The van der Waals surface area contributed by atoms with E-state index < -0.39 is 0 Å². The maximum atomic E-state index is 3.85. The monoisotopic (exact) mass is 207 g/mol. The molecule has 0 amide bonds. The molecular formula is C14H25N. The summed E-state index contributed by atoms with van der Waals surface area (Å²) in [6.07, 6.45) is 9.02. The zero-order valence-electron chi connectivity index (χ0n) is 10.2. The Morgan fingerprint density at radius 2 is 1.80 bits per heavy atom. The molecular weight excluding hydrogens is 182 g/mol. The van der Waals surface area contributed by atoms with Crippen LogP contribution in [-0.2, 0) is 0 Å². The Balaban J connectivity index is 2.44. The normalized spacial score (nSPS) is 19.9. The van der Waals surface area contributed by atoms with E-state index in [0.29, 0.717) is 18.0 Å². The highest BCUT2D eigenvalue weighted by atomic mass is 15.0. The van der Waals surface area contributed by atoms with Gasteiger partial charge >= 0.3 is 0 Å². The van der Waals surface area contributed by atoms with E-state index in [9.17, 15) is 0 Å². The van der Waals surface area contributed by atoms with Crippen LogP contribution < -0.4 is 5.32 Å². The molecule has 0 spiro atoms. The molecule has 0 aromatic carbocycles. The molecule has 1 heteroatoms. The van der Waals surface area contributed by atoms with E-state index in [4.69, 9.17) is 0 Å². The van der Waals surface area contributed by atoms with Crippen LogP contribution in [0.15, 0.2) is 25.3 Å². The molecule has 0 saturated heterocycles. The van der Waals surface area contributed by atoms with Crippen molar-refractivity contribution in [3.8, 4) is 0 Å². The largest absolute Gasteiger partial charge is 0.310 e. The predicted molar refractivity (Wildman–Crippen MR) is 67.9 cm³/mol. The van der Waals surface area contributed by atoms with Gasteiger partial charge in [-0.05, 0) is 37.5 Å². The Hall–Kier alpha value is -0.560. The fourth-order valence-electron chi connectivity index (χ4n) is 2.06. The molecule has 0 aliphatic heterocycles. The molecule has 1 saturated carbocycles. The molecule has 1 aliphatic carbocycles. The Kier molecular flexibility index (Phi) is 5.10. The number of hydrogen-bond acceptors (Lipinski definition) is 1. The van der Waals surface area contributed by atoms with Crippen molar-refractivity contribution < 1.29 is 0 Å². The maximum Gasteiger partial charge on any atom is 0.0132 e. The van der Waals surface area contributed by atoms with Gasteiger partial charge < -0.3 is 5.32 Å². The first-order valence-electron chi connectivity index (χ1n) is 6.16. The van der Waals surface area contributed by atoms with Crippen LogP contribution in [0.1, 0.15) is 39.5 Å². The van der Waals surface area contributed by atoms with Crippen molar-refractivity contribution in [2.75, 3.05) is 0 Å². The second-order valence-electron chi connectivity index (χ2n) is 5.01. The Labute approximate surface area is 94.6 Å². The van der Waals surface area contributed by atoms with Gasteiger partial charge in [-0.25, -0.2) is 0 Å². The minimum atomic E-state index is 0.577. The summed E-state index contributed by atoms with van der Waals surface area (Å²) in [5, 5.41) is 3.77. The first-order valence-corrected chi connectivity index (χ1v) is 6.16. The number of hydrogen-bond donors (Lipinski definition) is 1. The third-order valence-corrected chi connectivity index (χ3v) is 3.27. The minimum Gasteiger partial charge on any atom is -0.310 e. The van der Waals surface area contributed by atoms with Crippen molar-refractivity contribution in [1.29, 1.82) is 0 Å². The van der Waals surface area contributed by atoms with Gasteiger partial charge in [0.05, 0.1) is 0 Å². The number of rotatable bonds is 8. The van der Waals surface area contributed by atoms with Crippen LogP contribution >= 0.6 is 0 Å². The van der Waals surface area contributed by atoms with E-state index in [-0.39, 0.29) is 0 Å². The smallest absolute Gasteiger partial charge is 0.0132 e. The zero-order valence-corrected chi connectivity index (χ0v) is 10.2. The molecule has 1 aliphatic rings. The van der Waals surface area contributed by atoms with E-state index in [2.05, 4.69) is 32.3 Å². The molecule has 1 rings (SSSR count). The third kappa shape index (κ3) is 4.21. The molecule has 0 aromatic rings. The summed E-state index contributed by atoms with van der Waals surface area (Å²) in [6, 6.07) is 1.22. The van der Waals surface area contributed by atoms with Gasteiger partial charge in [-0.1, -0.05) is 26.0 Å². The van der Waals surface area contributed by atoms with Crippen LogP contribution in [0, 0.1) is 11.8 Å². The molecule has 86 valence electrons. The maximum absolute atomic E-state index is 3.85. The molecule has 1 fully saturated rings. The van der Waals surface area contributed by atoms with Crippen molar-refractivity contribution >= 4 is 0 Å². The fourth-order valence-corrected chi connectivity index (χ4v) is 2.06. The van der Waals surface area contributed by atoms with Crippen molar-refractivity contribution in [2.45, 2.75) is 51.6 Å². The molecule has 1 N–H and O–H groups in total. The van der Waals surface area contributed by atoms with Gasteiger partial charge in [0.1, 0.15) is 0 Å². The molecule has 0 radical (unpaired) electrons. The lowest BCUT2D eigenvalue weighted by atomic mass is 9.98. The van der Waals surface area contributed by atoms with Gasteiger partial charge in [-0.3, -0.25) is 0 Å². The summed E-state index contributed by atoms with van der Waals surface area (Å²) in [4.78, 5) is 0. The van der Waals surface area contributed by atoms with Crippen molar-refractivity contribution in [2.24, 2.45) is 11.8 Å². The summed E-state index contributed by atoms with van der Waals surface area (Å²) < 4.78 is 0. The average molecular weight is 207 g/mol.